The molecule has 1 aromatic heterocycles. The van der Waals surface area contributed by atoms with E-state index in [0.29, 0.717) is 5.76 Å². The van der Waals surface area contributed by atoms with Crippen LogP contribution in [0.2, 0.25) is 0 Å². The largest absolute Gasteiger partial charge is 0.496 e. The first kappa shape index (κ1) is 12.2. The second-order valence-electron chi connectivity index (χ2n) is 3.76. The Morgan fingerprint density at radius 3 is 2.78 bits per heavy atom. The first-order chi connectivity index (χ1) is 8.65. The van der Waals surface area contributed by atoms with Crippen molar-refractivity contribution in [2.75, 3.05) is 7.11 Å². The lowest BCUT2D eigenvalue weighted by molar-refractivity contribution is 0.0686. The zero-order chi connectivity index (χ0) is 13.1. The third-order valence-corrected chi connectivity index (χ3v) is 2.68. The van der Waals surface area contributed by atoms with E-state index in [2.05, 4.69) is 5.16 Å². The summed E-state index contributed by atoms with van der Waals surface area (Å²) >= 11 is 0. The van der Waals surface area contributed by atoms with Gasteiger partial charge in [-0.25, -0.2) is 4.79 Å². The molecule has 0 aliphatic rings. The summed E-state index contributed by atoms with van der Waals surface area (Å²) in [6.45, 7) is 2.02. The average molecular weight is 247 g/mol. The number of aryl methyl sites for hydroxylation is 1. The number of carboxylic acids is 1. The minimum Gasteiger partial charge on any atom is -0.496 e. The van der Waals surface area contributed by atoms with Crippen LogP contribution in [0.15, 0.2) is 28.8 Å². The molecule has 2 aromatic rings. The van der Waals surface area contributed by atoms with Gasteiger partial charge in [0.2, 0.25) is 0 Å². The topological polar surface area (TPSA) is 72.6 Å². The molecule has 1 heterocycles. The molecule has 0 atom stereocenters. The van der Waals surface area contributed by atoms with E-state index < -0.39 is 5.97 Å². The lowest BCUT2D eigenvalue weighted by atomic mass is 10.1. The minimum atomic E-state index is -1.10. The second-order valence-corrected chi connectivity index (χ2v) is 3.76. The van der Waals surface area contributed by atoms with Crippen LogP contribution >= 0.6 is 0 Å². The van der Waals surface area contributed by atoms with E-state index in [4.69, 9.17) is 14.4 Å². The van der Waals surface area contributed by atoms with E-state index in [9.17, 15) is 4.79 Å². The fourth-order valence-corrected chi connectivity index (χ4v) is 1.72. The van der Waals surface area contributed by atoms with Crippen LogP contribution in [0.25, 0.3) is 11.3 Å². The molecule has 1 N–H and O–H groups in total. The van der Waals surface area contributed by atoms with Crippen molar-refractivity contribution >= 4 is 5.97 Å². The molecule has 18 heavy (non-hydrogen) atoms. The van der Waals surface area contributed by atoms with Gasteiger partial charge in [0.05, 0.1) is 7.11 Å². The van der Waals surface area contributed by atoms with E-state index in [1.165, 1.54) is 6.07 Å². The van der Waals surface area contributed by atoms with Crippen molar-refractivity contribution in [3.8, 4) is 17.1 Å². The number of hydrogen-bond acceptors (Lipinski definition) is 4. The van der Waals surface area contributed by atoms with Gasteiger partial charge in [-0.2, -0.15) is 0 Å². The minimum absolute atomic E-state index is 0.0983. The molecule has 0 bridgehead atoms. The molecule has 0 aliphatic carbocycles. The zero-order valence-corrected chi connectivity index (χ0v) is 10.1. The SMILES string of the molecule is CCc1cc(-c2cc(C(=O)O)no2)ccc1OC. The van der Waals surface area contributed by atoms with Gasteiger partial charge in [-0.05, 0) is 30.2 Å². The number of aromatic carboxylic acids is 1. The van der Waals surface area contributed by atoms with Gasteiger partial charge in [-0.3, -0.25) is 0 Å². The summed E-state index contributed by atoms with van der Waals surface area (Å²) in [7, 11) is 1.62. The van der Waals surface area contributed by atoms with Gasteiger partial charge >= 0.3 is 5.97 Å². The molecule has 1 aromatic carbocycles. The van der Waals surface area contributed by atoms with E-state index in [0.717, 1.165) is 23.3 Å². The fourth-order valence-electron chi connectivity index (χ4n) is 1.72. The van der Waals surface area contributed by atoms with Crippen LogP contribution in [0.5, 0.6) is 5.75 Å². The highest BCUT2D eigenvalue weighted by atomic mass is 16.5. The Morgan fingerprint density at radius 1 is 1.44 bits per heavy atom. The summed E-state index contributed by atoms with van der Waals surface area (Å²) in [6, 6.07) is 6.95. The van der Waals surface area contributed by atoms with Crippen LogP contribution < -0.4 is 4.74 Å². The normalized spacial score (nSPS) is 10.3. The molecule has 0 amide bonds. The molecule has 0 saturated heterocycles. The van der Waals surface area contributed by atoms with Gasteiger partial charge in [0.1, 0.15) is 5.75 Å². The smallest absolute Gasteiger partial charge is 0.358 e. The molecule has 0 unspecified atom stereocenters. The standard InChI is InChI=1S/C13H13NO4/c1-3-8-6-9(4-5-11(8)17-2)12-7-10(13(15)16)14-18-12/h4-7H,3H2,1-2H3,(H,15,16). The summed E-state index contributed by atoms with van der Waals surface area (Å²) in [5.41, 5.74) is 1.72. The quantitative estimate of drug-likeness (QED) is 0.899. The lowest BCUT2D eigenvalue weighted by Gasteiger charge is -2.07. The van der Waals surface area contributed by atoms with Gasteiger partial charge in [0.15, 0.2) is 11.5 Å². The Morgan fingerprint density at radius 2 is 2.22 bits per heavy atom. The lowest BCUT2D eigenvalue weighted by Crippen LogP contribution is -1.94. The number of carbonyl (C=O) groups is 1. The Balaban J connectivity index is 2.41. The van der Waals surface area contributed by atoms with Crippen molar-refractivity contribution in [2.45, 2.75) is 13.3 Å². The van der Waals surface area contributed by atoms with Gasteiger partial charge < -0.3 is 14.4 Å². The number of ether oxygens (including phenoxy) is 1. The van der Waals surface area contributed by atoms with Crippen molar-refractivity contribution < 1.29 is 19.2 Å². The number of carboxylic acid groups (broad SMARTS) is 1. The highest BCUT2D eigenvalue weighted by Crippen LogP contribution is 2.27. The molecular weight excluding hydrogens is 234 g/mol. The van der Waals surface area contributed by atoms with Crippen LogP contribution in [0, 0.1) is 0 Å². The number of benzene rings is 1. The van der Waals surface area contributed by atoms with Gasteiger partial charge in [0.25, 0.3) is 0 Å². The maximum Gasteiger partial charge on any atom is 0.358 e. The average Bonchev–Trinajstić information content (AvgIpc) is 2.87. The highest BCUT2D eigenvalue weighted by Gasteiger charge is 2.13. The van der Waals surface area contributed by atoms with Crippen LogP contribution in [-0.4, -0.2) is 23.3 Å². The van der Waals surface area contributed by atoms with Crippen LogP contribution in [0.1, 0.15) is 23.0 Å². The molecular formula is C13H13NO4. The molecule has 5 nitrogen and oxygen atoms in total. The van der Waals surface area contributed by atoms with Crippen LogP contribution in [0.3, 0.4) is 0 Å². The van der Waals surface area contributed by atoms with Gasteiger partial charge in [0, 0.05) is 11.6 Å². The van der Waals surface area contributed by atoms with Gasteiger partial charge in [-0.15, -0.1) is 0 Å². The van der Waals surface area contributed by atoms with Crippen molar-refractivity contribution in [3.63, 3.8) is 0 Å². The Hall–Kier alpha value is -2.30. The predicted molar refractivity (Wildman–Crippen MR) is 64.8 cm³/mol. The third-order valence-electron chi connectivity index (χ3n) is 2.68. The molecule has 0 radical (unpaired) electrons. The summed E-state index contributed by atoms with van der Waals surface area (Å²) < 4.78 is 10.2. The molecule has 5 heteroatoms. The summed E-state index contributed by atoms with van der Waals surface area (Å²) in [4.78, 5) is 10.7. The number of aromatic nitrogens is 1. The van der Waals surface area contributed by atoms with E-state index >= 15 is 0 Å². The van der Waals surface area contributed by atoms with Crippen molar-refractivity contribution in [3.05, 3.63) is 35.5 Å². The number of hydrogen-bond donors (Lipinski definition) is 1. The Kier molecular flexibility index (Phi) is 3.32. The molecule has 2 rings (SSSR count). The van der Waals surface area contributed by atoms with Crippen molar-refractivity contribution in [2.24, 2.45) is 0 Å². The first-order valence-corrected chi connectivity index (χ1v) is 5.53. The third kappa shape index (κ3) is 2.20. The van der Waals surface area contributed by atoms with E-state index in [1.807, 2.05) is 25.1 Å². The molecule has 0 aliphatic heterocycles. The molecule has 0 fully saturated rings. The summed E-state index contributed by atoms with van der Waals surface area (Å²) in [6.07, 6.45) is 0.816. The van der Waals surface area contributed by atoms with Gasteiger partial charge in [-0.1, -0.05) is 12.1 Å². The van der Waals surface area contributed by atoms with Crippen molar-refractivity contribution in [1.82, 2.24) is 5.16 Å². The maximum absolute atomic E-state index is 10.7. The fraction of sp³-hybridized carbons (Fsp3) is 0.231. The summed E-state index contributed by atoms with van der Waals surface area (Å²) in [5.74, 6) is 0.137. The zero-order valence-electron chi connectivity index (χ0n) is 10.1. The van der Waals surface area contributed by atoms with E-state index in [1.54, 1.807) is 7.11 Å². The Labute approximate surface area is 104 Å². The first-order valence-electron chi connectivity index (χ1n) is 5.53. The predicted octanol–water partition coefficient (Wildman–Crippen LogP) is 2.61. The monoisotopic (exact) mass is 247 g/mol. The number of nitrogens with zero attached hydrogens (tertiary/aromatic N) is 1. The second kappa shape index (κ2) is 4.91. The highest BCUT2D eigenvalue weighted by molar-refractivity contribution is 5.86. The molecule has 94 valence electrons. The number of rotatable bonds is 4. The van der Waals surface area contributed by atoms with Crippen LogP contribution in [0.4, 0.5) is 0 Å². The molecule has 0 spiro atoms. The van der Waals surface area contributed by atoms with Crippen molar-refractivity contribution in [1.29, 1.82) is 0 Å². The number of methoxy groups -OCH3 is 1. The van der Waals surface area contributed by atoms with Crippen LogP contribution in [-0.2, 0) is 6.42 Å². The Bertz CT molecular complexity index is 574. The van der Waals surface area contributed by atoms with E-state index in [-0.39, 0.29) is 5.69 Å². The summed E-state index contributed by atoms with van der Waals surface area (Å²) in [5, 5.41) is 12.3. The molecule has 0 saturated carbocycles. The maximum atomic E-state index is 10.7.